The van der Waals surface area contributed by atoms with E-state index in [0.717, 1.165) is 11.3 Å². The summed E-state index contributed by atoms with van der Waals surface area (Å²) in [7, 11) is -7.87. The zero-order chi connectivity index (χ0) is 22.4. The van der Waals surface area contributed by atoms with Crippen molar-refractivity contribution in [2.45, 2.75) is 94.5 Å². The van der Waals surface area contributed by atoms with Crippen LogP contribution in [0.4, 0.5) is 0 Å². The van der Waals surface area contributed by atoms with Crippen LogP contribution >= 0.6 is 11.3 Å². The molecule has 1 atom stereocenters. The van der Waals surface area contributed by atoms with Crippen LogP contribution in [0.25, 0.3) is 0 Å². The zero-order valence-corrected chi connectivity index (χ0v) is 23.0. The van der Waals surface area contributed by atoms with Crippen molar-refractivity contribution in [1.29, 1.82) is 0 Å². The van der Waals surface area contributed by atoms with Crippen LogP contribution in [0.1, 0.15) is 54.0 Å². The van der Waals surface area contributed by atoms with Crippen LogP contribution < -0.4 is 4.39 Å². The Morgan fingerprint density at radius 2 is 1.54 bits per heavy atom. The molecule has 0 saturated heterocycles. The van der Waals surface area contributed by atoms with Crippen molar-refractivity contribution in [1.82, 2.24) is 4.39 Å². The van der Waals surface area contributed by atoms with E-state index in [4.69, 9.17) is 4.43 Å². The molecule has 0 aromatic carbocycles. The normalized spacial score (nSPS) is 16.9. The monoisotopic (exact) mass is 465 g/mol. The number of hydrogen-bond acceptors (Lipinski definition) is 5. The summed E-state index contributed by atoms with van der Waals surface area (Å²) in [4.78, 5) is 0. The van der Waals surface area contributed by atoms with Crippen LogP contribution in [0.3, 0.4) is 0 Å². The smallest absolute Gasteiger partial charge is 0.244 e. The fraction of sp³-hybridized carbons (Fsp3) is 0.789. The first-order valence-corrected chi connectivity index (χ1v) is 17.9. The maximum atomic E-state index is 12.9. The molecule has 0 spiro atoms. The average Bonchev–Trinajstić information content (AvgIpc) is 2.93. The number of rotatable bonds is 7. The fourth-order valence-corrected chi connectivity index (χ4v) is 9.36. The lowest BCUT2D eigenvalue weighted by molar-refractivity contribution is 0.00286. The number of sulfonamides is 1. The molecular weight excluding hydrogens is 427 g/mol. The van der Waals surface area contributed by atoms with Gasteiger partial charge in [0.05, 0.1) is 6.61 Å². The Balaban J connectivity index is 3.04. The lowest BCUT2D eigenvalue weighted by atomic mass is 10.0. The van der Waals surface area contributed by atoms with Crippen LogP contribution in [0.5, 0.6) is 0 Å². The Labute approximate surface area is 178 Å². The van der Waals surface area contributed by atoms with Crippen molar-refractivity contribution in [3.63, 3.8) is 0 Å². The Morgan fingerprint density at radius 3 is 1.96 bits per heavy atom. The minimum absolute atomic E-state index is 0.0410. The minimum atomic E-state index is -3.62. The molecule has 5 nitrogen and oxygen atoms in total. The van der Waals surface area contributed by atoms with Gasteiger partial charge < -0.3 is 9.53 Å². The quantitative estimate of drug-likeness (QED) is 0.538. The van der Waals surface area contributed by atoms with E-state index in [9.17, 15) is 13.5 Å². The van der Waals surface area contributed by atoms with Crippen molar-refractivity contribution in [3.05, 3.63) is 17.0 Å². The average molecular weight is 466 g/mol. The van der Waals surface area contributed by atoms with E-state index in [1.165, 1.54) is 0 Å². The molecular formula is C19H39NO4S2Si2. The molecule has 0 amide bonds. The molecule has 1 aromatic heterocycles. The molecule has 0 fully saturated rings. The SMILES string of the molecule is CC(O)(CO[Si](C)(C)C(C)(C)C)c1csc(S(=O)(=O)N[Si](C)(C)C(C)(C)C)c1. The van der Waals surface area contributed by atoms with Crippen molar-refractivity contribution < 1.29 is 18.0 Å². The van der Waals surface area contributed by atoms with Gasteiger partial charge in [0.2, 0.25) is 10.0 Å². The maximum absolute atomic E-state index is 12.9. The van der Waals surface area contributed by atoms with Crippen LogP contribution in [0.15, 0.2) is 15.7 Å². The van der Waals surface area contributed by atoms with Gasteiger partial charge in [0.15, 0.2) is 8.32 Å². The van der Waals surface area contributed by atoms with Crippen LogP contribution in [0, 0.1) is 0 Å². The Bertz CT molecular complexity index is 786. The molecule has 0 aliphatic carbocycles. The molecule has 0 radical (unpaired) electrons. The van der Waals surface area contributed by atoms with Gasteiger partial charge in [-0.2, -0.15) is 0 Å². The summed E-state index contributed by atoms with van der Waals surface area (Å²) in [5.41, 5.74) is -0.664. The molecule has 2 N–H and O–H groups in total. The molecule has 0 aliphatic rings. The third-order valence-corrected chi connectivity index (χ3v) is 19.9. The highest BCUT2D eigenvalue weighted by Gasteiger charge is 2.41. The molecule has 1 heterocycles. The first kappa shape index (κ1) is 26.0. The number of aliphatic hydroxyl groups is 1. The Hall–Kier alpha value is -0.0362. The van der Waals surface area contributed by atoms with Crippen molar-refractivity contribution in [3.8, 4) is 0 Å². The predicted octanol–water partition coefficient (Wildman–Crippen LogP) is 5.26. The van der Waals surface area contributed by atoms with Gasteiger partial charge in [-0.1, -0.05) is 54.6 Å². The topological polar surface area (TPSA) is 75.6 Å². The minimum Gasteiger partial charge on any atom is -0.414 e. The molecule has 0 bridgehead atoms. The third kappa shape index (κ3) is 5.99. The van der Waals surface area contributed by atoms with E-state index < -0.39 is 32.2 Å². The molecule has 0 aliphatic heterocycles. The summed E-state index contributed by atoms with van der Waals surface area (Å²) < 4.78 is 35.2. The highest BCUT2D eigenvalue weighted by Crippen LogP contribution is 2.39. The standard InChI is InChI=1S/C19H39NO4S2Si2/c1-17(2,3)27(8,9)20-26(22,23)16-12-15(13-25-16)19(7,21)14-24-28(10,11)18(4,5)6/h12-13,20-21H,14H2,1-11H3. The second-order valence-electron chi connectivity index (χ2n) is 11.0. The van der Waals surface area contributed by atoms with Gasteiger partial charge in [0, 0.05) is 0 Å². The van der Waals surface area contributed by atoms with E-state index in [2.05, 4.69) is 59.0 Å². The van der Waals surface area contributed by atoms with E-state index >= 15 is 0 Å². The van der Waals surface area contributed by atoms with Gasteiger partial charge in [-0.15, -0.1) is 11.3 Å². The van der Waals surface area contributed by atoms with E-state index in [1.807, 2.05) is 13.1 Å². The summed E-state index contributed by atoms with van der Waals surface area (Å²) >= 11 is 1.14. The van der Waals surface area contributed by atoms with Gasteiger partial charge >= 0.3 is 0 Å². The Morgan fingerprint density at radius 1 is 1.04 bits per heavy atom. The van der Waals surface area contributed by atoms with Crippen LogP contribution in [-0.2, 0) is 20.1 Å². The van der Waals surface area contributed by atoms with E-state index in [0.29, 0.717) is 5.56 Å². The van der Waals surface area contributed by atoms with Crippen molar-refractivity contribution in [2.75, 3.05) is 6.61 Å². The van der Waals surface area contributed by atoms with E-state index in [1.54, 1.807) is 18.4 Å². The number of nitrogens with one attached hydrogen (secondary N) is 1. The predicted molar refractivity (Wildman–Crippen MR) is 125 cm³/mol. The Kier molecular flexibility index (Phi) is 7.34. The van der Waals surface area contributed by atoms with Crippen molar-refractivity contribution >= 4 is 37.9 Å². The van der Waals surface area contributed by atoms with Gasteiger partial charge in [-0.05, 0) is 47.1 Å². The molecule has 1 rings (SSSR count). The molecule has 9 heteroatoms. The molecule has 1 unspecified atom stereocenters. The lowest BCUT2D eigenvalue weighted by Crippen LogP contribution is -2.54. The fourth-order valence-electron chi connectivity index (χ4n) is 1.90. The summed E-state index contributed by atoms with van der Waals surface area (Å²) in [6, 6.07) is 1.58. The summed E-state index contributed by atoms with van der Waals surface area (Å²) in [5.74, 6) is 0. The number of hydrogen-bond donors (Lipinski definition) is 2. The first-order chi connectivity index (χ1) is 12.1. The zero-order valence-electron chi connectivity index (χ0n) is 19.4. The van der Waals surface area contributed by atoms with Gasteiger partial charge in [-0.3, -0.25) is 0 Å². The summed E-state index contributed by atoms with van der Waals surface area (Å²) in [5, 5.41) is 12.6. The molecule has 0 saturated carbocycles. The lowest BCUT2D eigenvalue weighted by Gasteiger charge is -2.38. The first-order valence-electron chi connectivity index (χ1n) is 9.62. The van der Waals surface area contributed by atoms with Gasteiger partial charge in [0.1, 0.15) is 18.0 Å². The molecule has 1 aromatic rings. The highest BCUT2D eigenvalue weighted by atomic mass is 32.2. The second kappa shape index (κ2) is 7.90. The van der Waals surface area contributed by atoms with Gasteiger partial charge in [-0.25, -0.2) is 12.8 Å². The van der Waals surface area contributed by atoms with Crippen molar-refractivity contribution in [2.24, 2.45) is 0 Å². The number of thiophene rings is 1. The second-order valence-corrected chi connectivity index (χ2v) is 23.9. The third-order valence-electron chi connectivity index (χ3n) is 6.25. The van der Waals surface area contributed by atoms with Crippen LogP contribution in [-0.4, -0.2) is 36.7 Å². The summed E-state index contributed by atoms with van der Waals surface area (Å²) in [6.07, 6.45) is 0. The molecule has 164 valence electrons. The van der Waals surface area contributed by atoms with Crippen LogP contribution in [0.2, 0.25) is 36.3 Å². The summed E-state index contributed by atoms with van der Waals surface area (Å²) in [6.45, 7) is 22.8. The molecule has 28 heavy (non-hydrogen) atoms. The van der Waals surface area contributed by atoms with E-state index in [-0.39, 0.29) is 20.9 Å². The van der Waals surface area contributed by atoms with Gasteiger partial charge in [0.25, 0.3) is 0 Å². The highest BCUT2D eigenvalue weighted by molar-refractivity contribution is 7.93. The maximum Gasteiger partial charge on any atom is 0.244 e. The largest absolute Gasteiger partial charge is 0.414 e.